The van der Waals surface area contributed by atoms with E-state index >= 15 is 0 Å². The fourth-order valence-electron chi connectivity index (χ4n) is 3.72. The Hall–Kier alpha value is -1.44. The van der Waals surface area contributed by atoms with Crippen molar-refractivity contribution < 1.29 is 32.3 Å². The lowest BCUT2D eigenvalue weighted by atomic mass is 9.67. The molecule has 2 fully saturated rings. The van der Waals surface area contributed by atoms with Crippen LogP contribution in [0.4, 0.5) is 0 Å². The predicted octanol–water partition coefficient (Wildman–Crippen LogP) is 3.90. The smallest absolute Gasteiger partial charge is 0.318 e. The molecule has 0 aromatic carbocycles. The summed E-state index contributed by atoms with van der Waals surface area (Å²) >= 11 is 0. The van der Waals surface area contributed by atoms with Crippen molar-refractivity contribution in [1.29, 1.82) is 0 Å². The molecule has 2 heterocycles. The molecule has 4 unspecified atom stereocenters. The maximum Gasteiger partial charge on any atom is 0.318 e. The van der Waals surface area contributed by atoms with Gasteiger partial charge in [0.05, 0.1) is 28.8 Å². The first kappa shape index (κ1) is 32.2. The van der Waals surface area contributed by atoms with Gasteiger partial charge in [0.2, 0.25) is 0 Å². The van der Waals surface area contributed by atoms with E-state index in [1.54, 1.807) is 27.7 Å². The first-order valence-corrected chi connectivity index (χ1v) is 10.2. The number of sulfone groups is 1. The van der Waals surface area contributed by atoms with Crippen molar-refractivity contribution in [1.82, 2.24) is 0 Å². The van der Waals surface area contributed by atoms with Gasteiger partial charge in [-0.15, -0.1) is 0 Å². The zero-order valence-electron chi connectivity index (χ0n) is 15.5. The van der Waals surface area contributed by atoms with E-state index in [1.165, 1.54) is 13.8 Å². The highest BCUT2D eigenvalue weighted by Crippen LogP contribution is 2.47. The molecule has 2 aliphatic heterocycles. The molecule has 0 N–H and O–H groups in total. The van der Waals surface area contributed by atoms with E-state index in [0.29, 0.717) is 0 Å². The van der Waals surface area contributed by atoms with Crippen LogP contribution in [0.3, 0.4) is 0 Å². The summed E-state index contributed by atoms with van der Waals surface area (Å²) in [4.78, 5) is 37.3. The van der Waals surface area contributed by atoms with E-state index in [4.69, 9.17) is 9.47 Å². The highest BCUT2D eigenvalue weighted by Gasteiger charge is 2.60. The lowest BCUT2D eigenvalue weighted by Crippen LogP contribution is -2.45. The molecule has 0 aliphatic carbocycles. The average Bonchev–Trinajstić information content (AvgIpc) is 2.82. The molecule has 2 rings (SSSR count). The van der Waals surface area contributed by atoms with Crippen LogP contribution in [-0.2, 0) is 33.7 Å². The van der Waals surface area contributed by atoms with Gasteiger partial charge in [0.15, 0.2) is 9.84 Å². The fourth-order valence-corrected chi connectivity index (χ4v) is 6.03. The molecule has 0 amide bonds. The van der Waals surface area contributed by atoms with Gasteiger partial charge in [-0.3, -0.25) is 14.4 Å². The van der Waals surface area contributed by atoms with Crippen molar-refractivity contribution in [2.24, 2.45) is 29.1 Å². The standard InChI is InChI=1S/C17H26O7S.4CH4/c1-9-7-25(21,22)8-10(9)11-12(14(19)23-13(11)18)17(5,6)15(20)24-16(2,3)4;;;;/h9-12H,7-8H2,1-6H3;4*1H4. The minimum Gasteiger partial charge on any atom is -0.460 e. The molecule has 7 nitrogen and oxygen atoms in total. The van der Waals surface area contributed by atoms with E-state index < -0.39 is 56.5 Å². The van der Waals surface area contributed by atoms with Crippen LogP contribution >= 0.6 is 0 Å². The number of carbonyl (C=O) groups excluding carboxylic acids is 3. The van der Waals surface area contributed by atoms with Gasteiger partial charge < -0.3 is 9.47 Å². The third-order valence-electron chi connectivity index (χ3n) is 4.94. The second-order valence-electron chi connectivity index (χ2n) is 8.69. The first-order chi connectivity index (χ1) is 11.2. The van der Waals surface area contributed by atoms with Crippen LogP contribution in [0.25, 0.3) is 0 Å². The highest BCUT2D eigenvalue weighted by molar-refractivity contribution is 7.91. The molecule has 2 aliphatic rings. The van der Waals surface area contributed by atoms with Crippen molar-refractivity contribution >= 4 is 27.7 Å². The Kier molecular flexibility index (Phi) is 11.2. The lowest BCUT2D eigenvalue weighted by molar-refractivity contribution is -0.173. The van der Waals surface area contributed by atoms with Crippen LogP contribution in [0.5, 0.6) is 0 Å². The molecule has 2 saturated heterocycles. The highest BCUT2D eigenvalue weighted by atomic mass is 32.2. The summed E-state index contributed by atoms with van der Waals surface area (Å²) in [5, 5.41) is 0. The van der Waals surface area contributed by atoms with Crippen LogP contribution < -0.4 is 0 Å². The van der Waals surface area contributed by atoms with Gasteiger partial charge >= 0.3 is 17.9 Å². The van der Waals surface area contributed by atoms with Crippen molar-refractivity contribution in [3.05, 3.63) is 0 Å². The summed E-state index contributed by atoms with van der Waals surface area (Å²) in [5.74, 6) is -5.21. The van der Waals surface area contributed by atoms with Crippen LogP contribution in [0, 0.1) is 29.1 Å². The molecule has 0 bridgehead atoms. The largest absolute Gasteiger partial charge is 0.460 e. The van der Waals surface area contributed by atoms with Crippen molar-refractivity contribution in [3.8, 4) is 0 Å². The van der Waals surface area contributed by atoms with E-state index in [0.717, 1.165) is 0 Å². The summed E-state index contributed by atoms with van der Waals surface area (Å²) in [6.45, 7) is 9.94. The Morgan fingerprint density at radius 3 is 1.83 bits per heavy atom. The average molecular weight is 439 g/mol. The Bertz CT molecular complexity index is 701. The number of esters is 3. The summed E-state index contributed by atoms with van der Waals surface area (Å²) in [6, 6.07) is 0. The van der Waals surface area contributed by atoms with Gasteiger partial charge in [-0.05, 0) is 46.5 Å². The molecule has 29 heavy (non-hydrogen) atoms. The summed E-state index contributed by atoms with van der Waals surface area (Å²) in [5.41, 5.74) is -2.06. The topological polar surface area (TPSA) is 104 Å². The SMILES string of the molecule is C.C.C.C.CC1CS(=O)(=O)CC1C1C(=O)OC(=O)C1C(C)(C)C(=O)OC(C)(C)C. The van der Waals surface area contributed by atoms with Gasteiger partial charge in [-0.25, -0.2) is 8.42 Å². The number of hydrogen-bond acceptors (Lipinski definition) is 7. The Morgan fingerprint density at radius 2 is 1.45 bits per heavy atom. The van der Waals surface area contributed by atoms with Crippen molar-refractivity contribution in [3.63, 3.8) is 0 Å². The Morgan fingerprint density at radius 1 is 0.966 bits per heavy atom. The third kappa shape index (κ3) is 6.52. The second kappa shape index (κ2) is 10.0. The molecule has 0 saturated carbocycles. The molecule has 0 spiro atoms. The molecule has 0 aromatic heterocycles. The maximum atomic E-state index is 12.6. The number of cyclic esters (lactones) is 2. The quantitative estimate of drug-likeness (QED) is 0.486. The predicted molar refractivity (Wildman–Crippen MR) is 116 cm³/mol. The summed E-state index contributed by atoms with van der Waals surface area (Å²) in [6.07, 6.45) is 0. The third-order valence-corrected chi connectivity index (χ3v) is 6.87. The minimum atomic E-state index is -3.28. The monoisotopic (exact) mass is 438 g/mol. The molecule has 4 atom stereocenters. The van der Waals surface area contributed by atoms with Gasteiger partial charge in [-0.1, -0.05) is 36.6 Å². The van der Waals surface area contributed by atoms with E-state index in [1.807, 2.05) is 0 Å². The summed E-state index contributed by atoms with van der Waals surface area (Å²) < 4.78 is 34.1. The second-order valence-corrected chi connectivity index (χ2v) is 10.8. The molecule has 174 valence electrons. The molecular weight excluding hydrogens is 396 g/mol. The van der Waals surface area contributed by atoms with E-state index in [2.05, 4.69) is 0 Å². The van der Waals surface area contributed by atoms with Crippen LogP contribution in [0.2, 0.25) is 0 Å². The number of carbonyl (C=O) groups is 3. The van der Waals surface area contributed by atoms with E-state index in [-0.39, 0.29) is 47.1 Å². The van der Waals surface area contributed by atoms with Gasteiger partial charge in [0, 0.05) is 0 Å². The Labute approximate surface area is 177 Å². The van der Waals surface area contributed by atoms with E-state index in [9.17, 15) is 22.8 Å². The molecule has 0 aromatic rings. The lowest BCUT2D eigenvalue weighted by Gasteiger charge is -2.34. The van der Waals surface area contributed by atoms with Crippen molar-refractivity contribution in [2.45, 2.75) is 76.9 Å². The number of rotatable bonds is 3. The zero-order valence-corrected chi connectivity index (χ0v) is 16.3. The van der Waals surface area contributed by atoms with Crippen LogP contribution in [0.1, 0.15) is 71.2 Å². The zero-order chi connectivity index (χ0) is 19.4. The van der Waals surface area contributed by atoms with Crippen molar-refractivity contribution in [2.75, 3.05) is 11.5 Å². The van der Waals surface area contributed by atoms with Crippen LogP contribution in [-0.4, -0.2) is 43.4 Å². The minimum absolute atomic E-state index is 0. The maximum absolute atomic E-state index is 12.6. The van der Waals surface area contributed by atoms with Crippen LogP contribution in [0.15, 0.2) is 0 Å². The molecular formula is C21H42O7S. The fraction of sp³-hybridized carbons (Fsp3) is 0.857. The van der Waals surface area contributed by atoms with Gasteiger partial charge in [0.1, 0.15) is 5.60 Å². The first-order valence-electron chi connectivity index (χ1n) is 8.35. The van der Waals surface area contributed by atoms with Gasteiger partial charge in [0.25, 0.3) is 0 Å². The number of ether oxygens (including phenoxy) is 2. The Balaban J connectivity index is -0.00000169. The molecule has 0 radical (unpaired) electrons. The van der Waals surface area contributed by atoms with Gasteiger partial charge in [-0.2, -0.15) is 0 Å². The summed E-state index contributed by atoms with van der Waals surface area (Å²) in [7, 11) is -3.28. The number of hydrogen-bond donors (Lipinski definition) is 0. The normalized spacial score (nSPS) is 28.1. The molecule has 8 heteroatoms.